The van der Waals surface area contributed by atoms with Crippen molar-refractivity contribution < 1.29 is 24.2 Å². The number of hydrogen-bond acceptors (Lipinski definition) is 6. The molecule has 0 saturated heterocycles. The first kappa shape index (κ1) is 25.9. The third-order valence-corrected chi connectivity index (χ3v) is 7.72. The molecule has 0 saturated carbocycles. The Bertz CT molecular complexity index is 1250. The van der Waals surface area contributed by atoms with Crippen molar-refractivity contribution in [1.82, 2.24) is 4.98 Å². The lowest BCUT2D eigenvalue weighted by Crippen LogP contribution is -2.07. The van der Waals surface area contributed by atoms with E-state index in [1.807, 2.05) is 31.2 Å². The molecule has 1 heterocycles. The van der Waals surface area contributed by atoms with Gasteiger partial charge in [-0.2, -0.15) is 0 Å². The van der Waals surface area contributed by atoms with Crippen LogP contribution in [0, 0.1) is 12.8 Å². The summed E-state index contributed by atoms with van der Waals surface area (Å²) < 4.78 is 12.0. The Morgan fingerprint density at radius 1 is 1.08 bits per heavy atom. The lowest BCUT2D eigenvalue weighted by Gasteiger charge is -2.13. The number of ether oxygens (including phenoxy) is 2. The van der Waals surface area contributed by atoms with Crippen LogP contribution < -0.4 is 9.47 Å². The fourth-order valence-electron chi connectivity index (χ4n) is 4.76. The molecular weight excluding hydrogens is 474 g/mol. The van der Waals surface area contributed by atoms with Crippen LogP contribution in [0.15, 0.2) is 36.4 Å². The number of fused-ring (bicyclic) bond motifs is 1. The SMILES string of the molecule is CCCc1cc(-c2nc(C)c(C(C)=O)s2)ccc1OCCCOc1ccc2c(c1)CC(CC(=O)O)C2. The van der Waals surface area contributed by atoms with E-state index in [2.05, 4.69) is 24.0 Å². The summed E-state index contributed by atoms with van der Waals surface area (Å²) in [6.07, 6.45) is 4.50. The van der Waals surface area contributed by atoms with Crippen LogP contribution in [-0.2, 0) is 24.1 Å². The van der Waals surface area contributed by atoms with E-state index in [4.69, 9.17) is 14.6 Å². The molecule has 0 bridgehead atoms. The molecule has 3 aromatic rings. The number of nitrogens with zero attached hydrogens (tertiary/aromatic N) is 1. The van der Waals surface area contributed by atoms with Crippen molar-refractivity contribution in [2.24, 2.45) is 5.92 Å². The number of benzene rings is 2. The first-order valence-electron chi connectivity index (χ1n) is 12.5. The van der Waals surface area contributed by atoms with Crippen molar-refractivity contribution >= 4 is 23.1 Å². The molecule has 1 atom stereocenters. The second kappa shape index (κ2) is 11.7. The van der Waals surface area contributed by atoms with Gasteiger partial charge in [-0.3, -0.25) is 9.59 Å². The van der Waals surface area contributed by atoms with Crippen LogP contribution in [0.4, 0.5) is 0 Å². The van der Waals surface area contributed by atoms with Gasteiger partial charge in [-0.05, 0) is 79.1 Å². The molecule has 190 valence electrons. The van der Waals surface area contributed by atoms with Crippen LogP contribution in [0.3, 0.4) is 0 Å². The van der Waals surface area contributed by atoms with Crippen molar-refractivity contribution in [2.45, 2.75) is 59.3 Å². The van der Waals surface area contributed by atoms with Gasteiger partial charge < -0.3 is 14.6 Å². The number of rotatable bonds is 12. The van der Waals surface area contributed by atoms with E-state index in [0.717, 1.165) is 65.4 Å². The molecule has 1 aromatic heterocycles. The van der Waals surface area contributed by atoms with Crippen molar-refractivity contribution in [3.63, 3.8) is 0 Å². The topological polar surface area (TPSA) is 85.7 Å². The number of aryl methyl sites for hydroxylation is 2. The summed E-state index contributed by atoms with van der Waals surface area (Å²) in [7, 11) is 0. The molecule has 6 nitrogen and oxygen atoms in total. The van der Waals surface area contributed by atoms with Gasteiger partial charge in [0, 0.05) is 25.3 Å². The van der Waals surface area contributed by atoms with Gasteiger partial charge in [0.1, 0.15) is 16.5 Å². The van der Waals surface area contributed by atoms with E-state index in [1.165, 1.54) is 22.5 Å². The molecule has 0 amide bonds. The number of carbonyl (C=O) groups excluding carboxylic acids is 1. The van der Waals surface area contributed by atoms with Gasteiger partial charge in [0.2, 0.25) is 0 Å². The van der Waals surface area contributed by atoms with E-state index in [0.29, 0.717) is 18.1 Å². The van der Waals surface area contributed by atoms with Crippen molar-refractivity contribution in [2.75, 3.05) is 13.2 Å². The molecule has 4 rings (SSSR count). The Morgan fingerprint density at radius 2 is 1.86 bits per heavy atom. The first-order valence-corrected chi connectivity index (χ1v) is 13.4. The van der Waals surface area contributed by atoms with E-state index in [1.54, 1.807) is 6.92 Å². The summed E-state index contributed by atoms with van der Waals surface area (Å²) in [6.45, 7) is 6.70. The largest absolute Gasteiger partial charge is 0.493 e. The quantitative estimate of drug-likeness (QED) is 0.228. The standard InChI is InChI=1S/C29H33NO5S/c1-4-6-22-16-23(29-30-18(2)28(36-29)19(3)31)8-10-26(22)35-12-5-11-34-25-9-7-21-13-20(15-27(32)33)14-24(21)17-25/h7-10,16-17,20H,4-6,11-15H2,1-3H3,(H,32,33). The Hall–Kier alpha value is -3.19. The summed E-state index contributed by atoms with van der Waals surface area (Å²) in [4.78, 5) is 28.1. The molecule has 1 N–H and O–H groups in total. The average molecular weight is 508 g/mol. The van der Waals surface area contributed by atoms with Gasteiger partial charge in [-0.15, -0.1) is 11.3 Å². The molecule has 7 heteroatoms. The highest BCUT2D eigenvalue weighted by atomic mass is 32.1. The number of aliphatic carboxylic acids is 1. The monoisotopic (exact) mass is 507 g/mol. The zero-order valence-electron chi connectivity index (χ0n) is 21.1. The average Bonchev–Trinajstić information content (AvgIpc) is 3.41. The Morgan fingerprint density at radius 3 is 2.58 bits per heavy atom. The number of hydrogen-bond donors (Lipinski definition) is 1. The van der Waals surface area contributed by atoms with Crippen molar-refractivity contribution in [3.05, 3.63) is 63.7 Å². The van der Waals surface area contributed by atoms with E-state index < -0.39 is 5.97 Å². The molecule has 1 aliphatic rings. The van der Waals surface area contributed by atoms with Crippen molar-refractivity contribution in [3.8, 4) is 22.1 Å². The number of Topliss-reactive ketones (excluding diaryl/α,β-unsaturated/α-hetero) is 1. The highest BCUT2D eigenvalue weighted by Gasteiger charge is 2.24. The molecule has 1 unspecified atom stereocenters. The molecule has 0 spiro atoms. The number of carboxylic acid groups (broad SMARTS) is 1. The summed E-state index contributed by atoms with van der Waals surface area (Å²) in [6, 6.07) is 12.2. The zero-order valence-corrected chi connectivity index (χ0v) is 22.0. The van der Waals surface area contributed by atoms with Gasteiger partial charge in [0.05, 0.1) is 23.8 Å². The highest BCUT2D eigenvalue weighted by molar-refractivity contribution is 7.17. The van der Waals surface area contributed by atoms with Crippen LogP contribution >= 0.6 is 11.3 Å². The molecule has 0 radical (unpaired) electrons. The summed E-state index contributed by atoms with van der Waals surface area (Å²) in [5.41, 5.74) is 5.36. The maximum Gasteiger partial charge on any atom is 0.303 e. The van der Waals surface area contributed by atoms with Gasteiger partial charge >= 0.3 is 5.97 Å². The highest BCUT2D eigenvalue weighted by Crippen LogP contribution is 2.33. The Balaban J connectivity index is 1.30. The predicted molar refractivity (Wildman–Crippen MR) is 141 cm³/mol. The van der Waals surface area contributed by atoms with Crippen LogP contribution in [0.2, 0.25) is 0 Å². The minimum Gasteiger partial charge on any atom is -0.493 e. The number of ketones is 1. The van der Waals surface area contributed by atoms with Crippen LogP contribution in [-0.4, -0.2) is 35.1 Å². The van der Waals surface area contributed by atoms with Gasteiger partial charge in [-0.1, -0.05) is 19.4 Å². The number of carbonyl (C=O) groups is 2. The fourth-order valence-corrected chi connectivity index (χ4v) is 5.72. The summed E-state index contributed by atoms with van der Waals surface area (Å²) in [5, 5.41) is 9.91. The minimum atomic E-state index is -0.735. The third-order valence-electron chi connectivity index (χ3n) is 6.42. The smallest absolute Gasteiger partial charge is 0.303 e. The maximum atomic E-state index is 11.8. The number of thiazole rings is 1. The lowest BCUT2D eigenvalue weighted by molar-refractivity contribution is -0.138. The Labute approximate surface area is 216 Å². The lowest BCUT2D eigenvalue weighted by atomic mass is 10.0. The Kier molecular flexibility index (Phi) is 8.41. The molecule has 36 heavy (non-hydrogen) atoms. The van der Waals surface area contributed by atoms with Gasteiger partial charge in [0.25, 0.3) is 0 Å². The third kappa shape index (κ3) is 6.32. The first-order chi connectivity index (χ1) is 17.3. The molecular formula is C29H33NO5S. The van der Waals surface area contributed by atoms with E-state index in [9.17, 15) is 9.59 Å². The maximum absolute atomic E-state index is 11.8. The van der Waals surface area contributed by atoms with Gasteiger partial charge in [0.15, 0.2) is 5.78 Å². The summed E-state index contributed by atoms with van der Waals surface area (Å²) in [5.74, 6) is 1.20. The minimum absolute atomic E-state index is 0.0504. The van der Waals surface area contributed by atoms with Crippen LogP contribution in [0.1, 0.15) is 65.2 Å². The predicted octanol–water partition coefficient (Wildman–Crippen LogP) is 6.31. The summed E-state index contributed by atoms with van der Waals surface area (Å²) >= 11 is 1.44. The number of carboxylic acids is 1. The van der Waals surface area contributed by atoms with E-state index >= 15 is 0 Å². The second-order valence-corrected chi connectivity index (χ2v) is 10.4. The molecule has 0 fully saturated rings. The van der Waals surface area contributed by atoms with Crippen molar-refractivity contribution in [1.29, 1.82) is 0 Å². The molecule has 1 aliphatic carbocycles. The second-order valence-electron chi connectivity index (χ2n) is 9.42. The van der Waals surface area contributed by atoms with E-state index in [-0.39, 0.29) is 18.1 Å². The van der Waals surface area contributed by atoms with Crippen LogP contribution in [0.5, 0.6) is 11.5 Å². The van der Waals surface area contributed by atoms with Gasteiger partial charge in [-0.25, -0.2) is 4.98 Å². The fraction of sp³-hybridized carbons (Fsp3) is 0.414. The normalized spacial score (nSPS) is 14.5. The number of aromatic nitrogens is 1. The molecule has 0 aliphatic heterocycles. The van der Waals surface area contributed by atoms with Crippen LogP contribution in [0.25, 0.3) is 10.6 Å². The molecule has 2 aromatic carbocycles. The zero-order chi connectivity index (χ0) is 25.7.